The van der Waals surface area contributed by atoms with Crippen molar-refractivity contribution in [3.63, 3.8) is 0 Å². The highest BCUT2D eigenvalue weighted by Gasteiger charge is 2.23. The fourth-order valence-corrected chi connectivity index (χ4v) is 3.65. The first-order chi connectivity index (χ1) is 14.5. The van der Waals surface area contributed by atoms with Gasteiger partial charge in [0.05, 0.1) is 26.8 Å². The van der Waals surface area contributed by atoms with E-state index < -0.39 is 0 Å². The summed E-state index contributed by atoms with van der Waals surface area (Å²) >= 11 is 0. The SMILES string of the molecule is CN=C(NCC1Cc2ccccc2O1)NCC(c1ccc(OC)c(OC)c1)N(C)C. The van der Waals surface area contributed by atoms with Crippen LogP contribution in [-0.4, -0.2) is 65.4 Å². The van der Waals surface area contributed by atoms with E-state index in [0.29, 0.717) is 13.1 Å². The molecule has 2 N–H and O–H groups in total. The lowest BCUT2D eigenvalue weighted by molar-refractivity contribution is 0.234. The van der Waals surface area contributed by atoms with E-state index in [1.165, 1.54) is 5.56 Å². The maximum absolute atomic E-state index is 6.00. The lowest BCUT2D eigenvalue weighted by Crippen LogP contribution is -2.44. The first-order valence-electron chi connectivity index (χ1n) is 10.1. The van der Waals surface area contributed by atoms with Crippen LogP contribution < -0.4 is 24.8 Å². The number of benzene rings is 2. The van der Waals surface area contributed by atoms with Crippen LogP contribution >= 0.6 is 0 Å². The molecule has 0 aliphatic carbocycles. The Hall–Kier alpha value is -2.93. The molecule has 1 aliphatic heterocycles. The Morgan fingerprint density at radius 1 is 1.13 bits per heavy atom. The standard InChI is InChI=1S/C23H32N4O3/c1-24-23(25-14-18-12-17-8-6-7-9-20(17)30-18)26-15-19(27(2)3)16-10-11-21(28-4)22(13-16)29-5/h6-11,13,18-19H,12,14-15H2,1-5H3,(H2,24,25,26). The van der Waals surface area contributed by atoms with Gasteiger partial charge in [-0.15, -0.1) is 0 Å². The molecule has 0 amide bonds. The highest BCUT2D eigenvalue weighted by Crippen LogP contribution is 2.31. The van der Waals surface area contributed by atoms with Gasteiger partial charge in [0.15, 0.2) is 17.5 Å². The van der Waals surface area contributed by atoms with Crippen molar-refractivity contribution < 1.29 is 14.2 Å². The fraction of sp³-hybridized carbons (Fsp3) is 0.435. The third kappa shape index (κ3) is 5.16. The molecule has 0 radical (unpaired) electrons. The highest BCUT2D eigenvalue weighted by atomic mass is 16.5. The van der Waals surface area contributed by atoms with Crippen LogP contribution in [0.1, 0.15) is 17.2 Å². The molecule has 1 aliphatic rings. The topological polar surface area (TPSA) is 67.4 Å². The number of nitrogens with one attached hydrogen (secondary N) is 2. The maximum atomic E-state index is 6.00. The molecule has 2 aromatic rings. The van der Waals surface area contributed by atoms with Crippen molar-refractivity contribution in [3.8, 4) is 17.2 Å². The van der Waals surface area contributed by atoms with Crippen LogP contribution in [0.2, 0.25) is 0 Å². The molecule has 2 atom stereocenters. The molecule has 162 valence electrons. The number of methoxy groups -OCH3 is 2. The second kappa shape index (κ2) is 10.2. The number of aliphatic imine (C=N–C) groups is 1. The van der Waals surface area contributed by atoms with Gasteiger partial charge >= 0.3 is 0 Å². The summed E-state index contributed by atoms with van der Waals surface area (Å²) in [5, 5.41) is 6.81. The molecule has 0 bridgehead atoms. The number of para-hydroxylation sites is 1. The number of nitrogens with zero attached hydrogens (tertiary/aromatic N) is 2. The molecule has 0 fully saturated rings. The summed E-state index contributed by atoms with van der Waals surface area (Å²) in [6.45, 7) is 1.38. The van der Waals surface area contributed by atoms with Crippen molar-refractivity contribution in [2.45, 2.75) is 18.6 Å². The number of rotatable bonds is 8. The molecule has 0 aromatic heterocycles. The zero-order chi connectivity index (χ0) is 21.5. The van der Waals surface area contributed by atoms with Crippen LogP contribution in [0.25, 0.3) is 0 Å². The van der Waals surface area contributed by atoms with E-state index in [1.54, 1.807) is 21.3 Å². The lowest BCUT2D eigenvalue weighted by atomic mass is 10.1. The van der Waals surface area contributed by atoms with E-state index in [9.17, 15) is 0 Å². The molecule has 2 aromatic carbocycles. The Morgan fingerprint density at radius 3 is 2.57 bits per heavy atom. The fourth-order valence-electron chi connectivity index (χ4n) is 3.65. The van der Waals surface area contributed by atoms with Gasteiger partial charge < -0.3 is 29.7 Å². The summed E-state index contributed by atoms with van der Waals surface area (Å²) in [4.78, 5) is 6.52. The molecule has 7 nitrogen and oxygen atoms in total. The van der Waals surface area contributed by atoms with Gasteiger partial charge in [0.2, 0.25) is 0 Å². The predicted molar refractivity (Wildman–Crippen MR) is 120 cm³/mol. The zero-order valence-corrected chi connectivity index (χ0v) is 18.4. The Labute approximate surface area is 179 Å². The minimum atomic E-state index is 0.108. The summed E-state index contributed by atoms with van der Waals surface area (Å²) in [5.41, 5.74) is 2.39. The Balaban J connectivity index is 1.57. The van der Waals surface area contributed by atoms with Crippen LogP contribution in [0.4, 0.5) is 0 Å². The number of guanidine groups is 1. The average molecular weight is 413 g/mol. The summed E-state index contributed by atoms with van der Waals surface area (Å²) in [7, 11) is 9.19. The minimum Gasteiger partial charge on any atom is -0.493 e. The van der Waals surface area contributed by atoms with E-state index in [2.05, 4.69) is 46.8 Å². The van der Waals surface area contributed by atoms with Gasteiger partial charge in [0, 0.05) is 20.0 Å². The number of ether oxygens (including phenoxy) is 3. The lowest BCUT2D eigenvalue weighted by Gasteiger charge is -2.27. The summed E-state index contributed by atoms with van der Waals surface area (Å²) in [6.07, 6.45) is 1.02. The van der Waals surface area contributed by atoms with Gasteiger partial charge in [0.1, 0.15) is 11.9 Å². The van der Waals surface area contributed by atoms with Gasteiger partial charge in [-0.05, 0) is 43.4 Å². The highest BCUT2D eigenvalue weighted by molar-refractivity contribution is 5.79. The van der Waals surface area contributed by atoms with Gasteiger partial charge in [0.25, 0.3) is 0 Å². The maximum Gasteiger partial charge on any atom is 0.191 e. The second-order valence-corrected chi connectivity index (χ2v) is 7.48. The molecular weight excluding hydrogens is 380 g/mol. The largest absolute Gasteiger partial charge is 0.493 e. The minimum absolute atomic E-state index is 0.108. The van der Waals surface area contributed by atoms with Crippen molar-refractivity contribution in [1.82, 2.24) is 15.5 Å². The van der Waals surface area contributed by atoms with E-state index in [-0.39, 0.29) is 12.1 Å². The van der Waals surface area contributed by atoms with Gasteiger partial charge in [-0.25, -0.2) is 0 Å². The quantitative estimate of drug-likeness (QED) is 0.513. The third-order valence-corrected chi connectivity index (χ3v) is 5.31. The number of hydrogen-bond acceptors (Lipinski definition) is 5. The zero-order valence-electron chi connectivity index (χ0n) is 18.4. The van der Waals surface area contributed by atoms with Crippen LogP contribution in [0, 0.1) is 0 Å². The van der Waals surface area contributed by atoms with Crippen molar-refractivity contribution in [3.05, 3.63) is 53.6 Å². The Bertz CT molecular complexity index is 844. The summed E-state index contributed by atoms with van der Waals surface area (Å²) in [6, 6.07) is 14.3. The van der Waals surface area contributed by atoms with E-state index in [1.807, 2.05) is 30.3 Å². The molecule has 30 heavy (non-hydrogen) atoms. The van der Waals surface area contributed by atoms with Gasteiger partial charge in [-0.2, -0.15) is 0 Å². The number of likely N-dealkylation sites (N-methyl/N-ethyl adjacent to an activating group) is 1. The molecule has 3 rings (SSSR count). The molecule has 0 spiro atoms. The molecule has 2 unspecified atom stereocenters. The van der Waals surface area contributed by atoms with Crippen LogP contribution in [0.15, 0.2) is 47.5 Å². The van der Waals surface area contributed by atoms with Crippen molar-refractivity contribution in [2.24, 2.45) is 4.99 Å². The Kier molecular flexibility index (Phi) is 7.41. The van der Waals surface area contributed by atoms with Crippen LogP contribution in [-0.2, 0) is 6.42 Å². The predicted octanol–water partition coefficient (Wildman–Crippen LogP) is 2.48. The molecular formula is C23H32N4O3. The van der Waals surface area contributed by atoms with Crippen molar-refractivity contribution in [1.29, 1.82) is 0 Å². The molecule has 0 saturated carbocycles. The summed E-state index contributed by atoms with van der Waals surface area (Å²) in [5.74, 6) is 3.18. The van der Waals surface area contributed by atoms with E-state index in [4.69, 9.17) is 14.2 Å². The molecule has 0 saturated heterocycles. The van der Waals surface area contributed by atoms with Gasteiger partial charge in [-0.1, -0.05) is 24.3 Å². The van der Waals surface area contributed by atoms with Crippen molar-refractivity contribution in [2.75, 3.05) is 48.5 Å². The van der Waals surface area contributed by atoms with Crippen LogP contribution in [0.5, 0.6) is 17.2 Å². The second-order valence-electron chi connectivity index (χ2n) is 7.48. The van der Waals surface area contributed by atoms with Crippen LogP contribution in [0.3, 0.4) is 0 Å². The average Bonchev–Trinajstić information content (AvgIpc) is 3.18. The van der Waals surface area contributed by atoms with E-state index in [0.717, 1.165) is 35.2 Å². The smallest absolute Gasteiger partial charge is 0.191 e. The molecule has 7 heteroatoms. The van der Waals surface area contributed by atoms with Crippen molar-refractivity contribution >= 4 is 5.96 Å². The number of fused-ring (bicyclic) bond motifs is 1. The first-order valence-corrected chi connectivity index (χ1v) is 10.1. The summed E-state index contributed by atoms with van der Waals surface area (Å²) < 4.78 is 16.8. The first kappa shape index (κ1) is 21.8. The number of hydrogen-bond donors (Lipinski definition) is 2. The van der Waals surface area contributed by atoms with E-state index >= 15 is 0 Å². The Morgan fingerprint density at radius 2 is 1.90 bits per heavy atom. The normalized spacial score (nSPS) is 16.6. The third-order valence-electron chi connectivity index (χ3n) is 5.31. The van der Waals surface area contributed by atoms with Gasteiger partial charge in [-0.3, -0.25) is 4.99 Å². The molecule has 1 heterocycles. The monoisotopic (exact) mass is 412 g/mol.